The molecule has 2 N–H and O–H groups in total. The SMILES string of the molecule is CC(NC(=O)CN(C)C(=O)c1ccc(Br)o1)C(C)C(=O)O. The van der Waals surface area contributed by atoms with Gasteiger partial charge in [0.2, 0.25) is 5.91 Å². The van der Waals surface area contributed by atoms with Gasteiger partial charge in [0, 0.05) is 13.1 Å². The van der Waals surface area contributed by atoms with Crippen molar-refractivity contribution in [1.29, 1.82) is 0 Å². The van der Waals surface area contributed by atoms with E-state index in [4.69, 9.17) is 9.52 Å². The number of nitrogens with zero attached hydrogens (tertiary/aromatic N) is 1. The van der Waals surface area contributed by atoms with Crippen molar-refractivity contribution < 1.29 is 23.9 Å². The number of carbonyl (C=O) groups excluding carboxylic acids is 2. The van der Waals surface area contributed by atoms with E-state index in [1.54, 1.807) is 13.0 Å². The number of hydrogen-bond acceptors (Lipinski definition) is 4. The summed E-state index contributed by atoms with van der Waals surface area (Å²) in [6, 6.07) is 2.55. The highest BCUT2D eigenvalue weighted by atomic mass is 79.9. The summed E-state index contributed by atoms with van der Waals surface area (Å²) in [6.07, 6.45) is 0. The summed E-state index contributed by atoms with van der Waals surface area (Å²) in [6.45, 7) is 2.92. The van der Waals surface area contributed by atoms with Crippen LogP contribution in [0, 0.1) is 5.92 Å². The average molecular weight is 361 g/mol. The number of amides is 2. The smallest absolute Gasteiger partial charge is 0.308 e. The number of hydrogen-bond donors (Lipinski definition) is 2. The predicted octanol–water partition coefficient (Wildman–Crippen LogP) is 1.34. The van der Waals surface area contributed by atoms with Gasteiger partial charge >= 0.3 is 5.97 Å². The second-order valence-electron chi connectivity index (χ2n) is 4.75. The lowest BCUT2D eigenvalue weighted by Gasteiger charge is -2.20. The van der Waals surface area contributed by atoms with Gasteiger partial charge in [0.25, 0.3) is 5.91 Å². The first-order valence-corrected chi connectivity index (χ1v) is 7.04. The van der Waals surface area contributed by atoms with Crippen molar-refractivity contribution in [2.45, 2.75) is 19.9 Å². The second kappa shape index (κ2) is 7.26. The highest BCUT2D eigenvalue weighted by Crippen LogP contribution is 2.15. The quantitative estimate of drug-likeness (QED) is 0.797. The number of nitrogens with one attached hydrogen (secondary N) is 1. The third-order valence-corrected chi connectivity index (χ3v) is 3.47. The summed E-state index contributed by atoms with van der Waals surface area (Å²) in [5, 5.41) is 11.4. The Bertz CT molecular complexity index is 542. The molecule has 7 nitrogen and oxygen atoms in total. The lowest BCUT2D eigenvalue weighted by molar-refractivity contribution is -0.142. The number of likely N-dealkylation sites (N-methyl/N-ethyl adjacent to an activating group) is 1. The minimum absolute atomic E-state index is 0.115. The number of carboxylic acid groups (broad SMARTS) is 1. The van der Waals surface area contributed by atoms with Crippen LogP contribution in [-0.2, 0) is 9.59 Å². The van der Waals surface area contributed by atoms with Crippen LogP contribution < -0.4 is 5.32 Å². The number of rotatable bonds is 6. The van der Waals surface area contributed by atoms with Gasteiger partial charge in [-0.15, -0.1) is 0 Å². The topological polar surface area (TPSA) is 99.9 Å². The Balaban J connectivity index is 2.54. The summed E-state index contributed by atoms with van der Waals surface area (Å²) >= 11 is 3.09. The van der Waals surface area contributed by atoms with Crippen LogP contribution in [0.4, 0.5) is 0 Å². The summed E-state index contributed by atoms with van der Waals surface area (Å²) in [5.41, 5.74) is 0. The molecular formula is C13H17BrN2O5. The lowest BCUT2D eigenvalue weighted by Crippen LogP contribution is -2.45. The van der Waals surface area contributed by atoms with Gasteiger partial charge in [0.1, 0.15) is 0 Å². The van der Waals surface area contributed by atoms with Crippen LogP contribution in [-0.4, -0.2) is 47.4 Å². The molecule has 0 aromatic carbocycles. The van der Waals surface area contributed by atoms with E-state index in [1.807, 2.05) is 0 Å². The molecule has 116 valence electrons. The summed E-state index contributed by atoms with van der Waals surface area (Å²) in [4.78, 5) is 35.8. The van der Waals surface area contributed by atoms with Crippen molar-refractivity contribution in [2.75, 3.05) is 13.6 Å². The van der Waals surface area contributed by atoms with Gasteiger partial charge in [-0.2, -0.15) is 0 Å². The molecule has 0 radical (unpaired) electrons. The molecule has 1 aromatic rings. The van der Waals surface area contributed by atoms with Crippen molar-refractivity contribution in [3.8, 4) is 0 Å². The van der Waals surface area contributed by atoms with Crippen LogP contribution in [0.25, 0.3) is 0 Å². The van der Waals surface area contributed by atoms with Gasteiger partial charge in [0.15, 0.2) is 10.4 Å². The van der Waals surface area contributed by atoms with E-state index in [0.29, 0.717) is 4.67 Å². The van der Waals surface area contributed by atoms with Crippen molar-refractivity contribution in [3.63, 3.8) is 0 Å². The van der Waals surface area contributed by atoms with Crippen LogP contribution in [0.5, 0.6) is 0 Å². The Hall–Kier alpha value is -1.83. The largest absolute Gasteiger partial charge is 0.481 e. The van der Waals surface area contributed by atoms with Crippen molar-refractivity contribution >= 4 is 33.7 Å². The standard InChI is InChI=1S/C13H17BrN2O5/c1-7(13(19)20)8(2)15-11(17)6-16(3)12(18)9-4-5-10(14)21-9/h4-5,7-8H,6H2,1-3H3,(H,15,17)(H,19,20). The molecule has 1 rings (SSSR count). The average Bonchev–Trinajstić information content (AvgIpc) is 2.82. The third kappa shape index (κ3) is 4.89. The molecule has 2 unspecified atom stereocenters. The molecule has 0 aliphatic rings. The zero-order valence-corrected chi connectivity index (χ0v) is 13.5. The Morgan fingerprint density at radius 2 is 2.00 bits per heavy atom. The molecule has 0 bridgehead atoms. The maximum Gasteiger partial charge on any atom is 0.308 e. The first-order valence-electron chi connectivity index (χ1n) is 6.25. The number of carbonyl (C=O) groups is 3. The van der Waals surface area contributed by atoms with Gasteiger partial charge in [-0.25, -0.2) is 0 Å². The first-order chi connectivity index (χ1) is 9.72. The molecular weight excluding hydrogens is 344 g/mol. The normalized spacial score (nSPS) is 13.3. The van der Waals surface area contributed by atoms with Gasteiger partial charge in [-0.3, -0.25) is 14.4 Å². The maximum absolute atomic E-state index is 12.0. The summed E-state index contributed by atoms with van der Waals surface area (Å²) in [7, 11) is 1.46. The zero-order valence-electron chi connectivity index (χ0n) is 11.9. The van der Waals surface area contributed by atoms with Gasteiger partial charge in [-0.05, 0) is 41.9 Å². The fourth-order valence-electron chi connectivity index (χ4n) is 1.54. The molecule has 0 saturated heterocycles. The molecule has 1 heterocycles. The molecule has 0 aliphatic carbocycles. The number of halogens is 1. The number of furan rings is 1. The third-order valence-electron chi connectivity index (χ3n) is 3.04. The molecule has 1 aromatic heterocycles. The van der Waals surface area contributed by atoms with Gasteiger partial charge in [0.05, 0.1) is 12.5 Å². The molecule has 0 aliphatic heterocycles. The minimum Gasteiger partial charge on any atom is -0.481 e. The monoisotopic (exact) mass is 360 g/mol. The lowest BCUT2D eigenvalue weighted by atomic mass is 10.0. The van der Waals surface area contributed by atoms with Crippen LogP contribution >= 0.6 is 15.9 Å². The van der Waals surface area contributed by atoms with E-state index in [9.17, 15) is 14.4 Å². The fourth-order valence-corrected chi connectivity index (χ4v) is 1.85. The van der Waals surface area contributed by atoms with Crippen LogP contribution in [0.1, 0.15) is 24.4 Å². The molecule has 0 spiro atoms. The Morgan fingerprint density at radius 1 is 1.38 bits per heavy atom. The first kappa shape index (κ1) is 17.2. The highest BCUT2D eigenvalue weighted by Gasteiger charge is 2.23. The zero-order chi connectivity index (χ0) is 16.2. The highest BCUT2D eigenvalue weighted by molar-refractivity contribution is 9.10. The van der Waals surface area contributed by atoms with E-state index in [0.717, 1.165) is 0 Å². The van der Waals surface area contributed by atoms with Gasteiger partial charge < -0.3 is 19.7 Å². The second-order valence-corrected chi connectivity index (χ2v) is 5.53. The summed E-state index contributed by atoms with van der Waals surface area (Å²) in [5.74, 6) is -2.46. The van der Waals surface area contributed by atoms with E-state index in [2.05, 4.69) is 21.2 Å². The molecule has 0 fully saturated rings. The Labute approximate surface area is 130 Å². The van der Waals surface area contributed by atoms with Crippen LogP contribution in [0.3, 0.4) is 0 Å². The molecule has 21 heavy (non-hydrogen) atoms. The molecule has 2 atom stereocenters. The summed E-state index contributed by atoms with van der Waals surface area (Å²) < 4.78 is 5.54. The van der Waals surface area contributed by atoms with Crippen molar-refractivity contribution in [3.05, 3.63) is 22.6 Å². The Morgan fingerprint density at radius 3 is 2.48 bits per heavy atom. The number of aliphatic carboxylic acids is 1. The fraction of sp³-hybridized carbons (Fsp3) is 0.462. The van der Waals surface area contributed by atoms with E-state index in [1.165, 1.54) is 24.9 Å². The van der Waals surface area contributed by atoms with Crippen molar-refractivity contribution in [2.24, 2.45) is 5.92 Å². The van der Waals surface area contributed by atoms with E-state index >= 15 is 0 Å². The van der Waals surface area contributed by atoms with Gasteiger partial charge in [-0.1, -0.05) is 0 Å². The molecule has 8 heteroatoms. The molecule has 2 amide bonds. The Kier molecular flexibility index (Phi) is 5.95. The predicted molar refractivity (Wildman–Crippen MR) is 77.8 cm³/mol. The van der Waals surface area contributed by atoms with E-state index < -0.39 is 29.7 Å². The molecule has 0 saturated carbocycles. The minimum atomic E-state index is -0.993. The van der Waals surface area contributed by atoms with Crippen LogP contribution in [0.15, 0.2) is 21.2 Å². The van der Waals surface area contributed by atoms with E-state index in [-0.39, 0.29) is 12.3 Å². The maximum atomic E-state index is 12.0. The van der Waals surface area contributed by atoms with Crippen molar-refractivity contribution in [1.82, 2.24) is 10.2 Å². The number of carboxylic acids is 1. The van der Waals surface area contributed by atoms with Crippen LogP contribution in [0.2, 0.25) is 0 Å².